The van der Waals surface area contributed by atoms with Crippen LogP contribution < -0.4 is 16.0 Å². The summed E-state index contributed by atoms with van der Waals surface area (Å²) in [5, 5.41) is 3.18. The van der Waals surface area contributed by atoms with Crippen LogP contribution in [0, 0.1) is 5.92 Å². The fourth-order valence-electron chi connectivity index (χ4n) is 3.74. The Balaban J connectivity index is 0.00000320. The molecule has 0 spiro atoms. The summed E-state index contributed by atoms with van der Waals surface area (Å²) in [6.07, 6.45) is 1.66. The third-order valence-corrected chi connectivity index (χ3v) is 5.86. The SMILES string of the molecule is I.NC(=NCC1CCC1)NCCCCN1CCN(c2cccc(C(F)(F)F)c2)CC1. The van der Waals surface area contributed by atoms with E-state index in [2.05, 4.69) is 15.2 Å². The average molecular weight is 539 g/mol. The van der Waals surface area contributed by atoms with Crippen molar-refractivity contribution in [3.05, 3.63) is 29.8 Å². The summed E-state index contributed by atoms with van der Waals surface area (Å²) < 4.78 is 38.7. The number of halogens is 4. The van der Waals surface area contributed by atoms with Crippen LogP contribution in [0.3, 0.4) is 0 Å². The number of alkyl halides is 3. The lowest BCUT2D eigenvalue weighted by Crippen LogP contribution is -2.46. The molecule has 3 N–H and O–H groups in total. The number of hydrogen-bond acceptors (Lipinski definition) is 3. The summed E-state index contributed by atoms with van der Waals surface area (Å²) in [5.74, 6) is 1.27. The van der Waals surface area contributed by atoms with Gasteiger partial charge in [-0.25, -0.2) is 0 Å². The Labute approximate surface area is 194 Å². The van der Waals surface area contributed by atoms with Crippen LogP contribution in [0.1, 0.15) is 37.7 Å². The topological polar surface area (TPSA) is 56.9 Å². The van der Waals surface area contributed by atoms with E-state index in [0.717, 1.165) is 70.6 Å². The van der Waals surface area contributed by atoms with Crippen LogP contribution in [0.15, 0.2) is 29.3 Å². The van der Waals surface area contributed by atoms with Crippen molar-refractivity contribution >= 4 is 35.6 Å². The number of aliphatic imine (C=N–C) groups is 1. The number of nitrogens with zero attached hydrogens (tertiary/aromatic N) is 3. The second-order valence-corrected chi connectivity index (χ2v) is 8.03. The van der Waals surface area contributed by atoms with E-state index < -0.39 is 11.7 Å². The molecule has 170 valence electrons. The molecule has 5 nitrogen and oxygen atoms in total. The fraction of sp³-hybridized carbons (Fsp3) is 0.667. The molecule has 1 aromatic carbocycles. The number of nitrogens with one attached hydrogen (secondary N) is 1. The van der Waals surface area contributed by atoms with E-state index in [4.69, 9.17) is 5.73 Å². The molecule has 30 heavy (non-hydrogen) atoms. The molecule has 1 saturated heterocycles. The van der Waals surface area contributed by atoms with Gasteiger partial charge >= 0.3 is 6.18 Å². The normalized spacial score (nSPS) is 18.6. The summed E-state index contributed by atoms with van der Waals surface area (Å²) >= 11 is 0. The molecule has 3 rings (SSSR count). The Bertz CT molecular complexity index is 671. The van der Waals surface area contributed by atoms with E-state index in [1.807, 2.05) is 4.90 Å². The predicted molar refractivity (Wildman–Crippen MR) is 127 cm³/mol. The molecule has 1 heterocycles. The monoisotopic (exact) mass is 539 g/mol. The number of hydrogen-bond donors (Lipinski definition) is 2. The van der Waals surface area contributed by atoms with Gasteiger partial charge in [-0.05, 0) is 56.3 Å². The molecule has 0 aromatic heterocycles. The van der Waals surface area contributed by atoms with Crippen molar-refractivity contribution < 1.29 is 13.2 Å². The molecule has 0 radical (unpaired) electrons. The quantitative estimate of drug-likeness (QED) is 0.228. The number of benzene rings is 1. The molecule has 9 heteroatoms. The largest absolute Gasteiger partial charge is 0.416 e. The van der Waals surface area contributed by atoms with Gasteiger partial charge in [0.05, 0.1) is 5.56 Å². The van der Waals surface area contributed by atoms with Crippen LogP contribution in [0.4, 0.5) is 18.9 Å². The molecule has 2 aliphatic rings. The van der Waals surface area contributed by atoms with E-state index in [9.17, 15) is 13.2 Å². The summed E-state index contributed by atoms with van der Waals surface area (Å²) in [6, 6.07) is 5.61. The van der Waals surface area contributed by atoms with Crippen molar-refractivity contribution in [1.29, 1.82) is 0 Å². The number of unbranched alkanes of at least 4 members (excludes halogenated alkanes) is 1. The first-order chi connectivity index (χ1) is 13.9. The first kappa shape index (κ1) is 25.0. The maximum Gasteiger partial charge on any atom is 0.416 e. The Hall–Kier alpha value is -1.23. The molecule has 1 aliphatic heterocycles. The van der Waals surface area contributed by atoms with Crippen molar-refractivity contribution in [2.75, 3.05) is 50.7 Å². The smallest absolute Gasteiger partial charge is 0.370 e. The first-order valence-corrected chi connectivity index (χ1v) is 10.6. The lowest BCUT2D eigenvalue weighted by atomic mass is 9.86. The standard InChI is InChI=1S/C21H32F3N5.HI/c22-21(23,24)18-7-4-8-19(15-18)29-13-11-28(12-14-29)10-2-1-9-26-20(25)27-16-17-5-3-6-17;/h4,7-8,15,17H,1-3,5-6,9-14,16H2,(H3,25,26,27);1H. The van der Waals surface area contributed by atoms with Gasteiger partial charge in [0.25, 0.3) is 0 Å². The van der Waals surface area contributed by atoms with Gasteiger partial charge in [-0.3, -0.25) is 9.89 Å². The van der Waals surface area contributed by atoms with Gasteiger partial charge in [0, 0.05) is 45.0 Å². The van der Waals surface area contributed by atoms with Gasteiger partial charge < -0.3 is 16.0 Å². The molecule has 0 bridgehead atoms. The van der Waals surface area contributed by atoms with Crippen LogP contribution in [0.2, 0.25) is 0 Å². The zero-order valence-corrected chi connectivity index (χ0v) is 19.7. The highest BCUT2D eigenvalue weighted by atomic mass is 127. The molecule has 2 fully saturated rings. The first-order valence-electron chi connectivity index (χ1n) is 10.6. The molecular formula is C21H33F3IN5. The minimum atomic E-state index is -4.29. The average Bonchev–Trinajstić information content (AvgIpc) is 2.66. The molecular weight excluding hydrogens is 506 g/mol. The molecule has 1 aliphatic carbocycles. The van der Waals surface area contributed by atoms with Crippen LogP contribution in [0.25, 0.3) is 0 Å². The molecule has 0 unspecified atom stereocenters. The third kappa shape index (κ3) is 7.79. The predicted octanol–water partition coefficient (Wildman–Crippen LogP) is 3.93. The van der Waals surface area contributed by atoms with Crippen molar-refractivity contribution in [1.82, 2.24) is 10.2 Å². The van der Waals surface area contributed by atoms with E-state index in [-0.39, 0.29) is 24.0 Å². The Morgan fingerprint density at radius 3 is 2.50 bits per heavy atom. The zero-order chi connectivity index (χ0) is 20.7. The third-order valence-electron chi connectivity index (χ3n) is 5.86. The Kier molecular flexibility index (Phi) is 9.99. The highest BCUT2D eigenvalue weighted by Crippen LogP contribution is 2.32. The number of piperazine rings is 1. The van der Waals surface area contributed by atoms with E-state index in [1.54, 1.807) is 6.07 Å². The minimum Gasteiger partial charge on any atom is -0.370 e. The summed E-state index contributed by atoms with van der Waals surface area (Å²) in [6.45, 7) is 5.90. The number of guanidine groups is 1. The van der Waals surface area contributed by atoms with E-state index in [1.165, 1.54) is 31.4 Å². The fourth-order valence-corrected chi connectivity index (χ4v) is 3.74. The number of anilines is 1. The number of nitrogens with two attached hydrogens (primary N) is 1. The van der Waals surface area contributed by atoms with Gasteiger partial charge in [-0.1, -0.05) is 12.5 Å². The summed E-state index contributed by atoms with van der Waals surface area (Å²) in [4.78, 5) is 8.80. The van der Waals surface area contributed by atoms with Crippen LogP contribution in [0.5, 0.6) is 0 Å². The van der Waals surface area contributed by atoms with Gasteiger partial charge in [0.2, 0.25) is 0 Å². The molecule has 1 aromatic rings. The van der Waals surface area contributed by atoms with Crippen LogP contribution in [-0.2, 0) is 6.18 Å². The van der Waals surface area contributed by atoms with Crippen LogP contribution in [-0.4, -0.2) is 56.7 Å². The van der Waals surface area contributed by atoms with Gasteiger partial charge in [0.1, 0.15) is 0 Å². The van der Waals surface area contributed by atoms with Gasteiger partial charge in [0.15, 0.2) is 5.96 Å². The van der Waals surface area contributed by atoms with Crippen LogP contribution >= 0.6 is 24.0 Å². The Morgan fingerprint density at radius 2 is 1.87 bits per heavy atom. The zero-order valence-electron chi connectivity index (χ0n) is 17.3. The van der Waals surface area contributed by atoms with Crippen molar-refractivity contribution in [3.8, 4) is 0 Å². The van der Waals surface area contributed by atoms with Gasteiger partial charge in [-0.15, -0.1) is 24.0 Å². The Morgan fingerprint density at radius 1 is 1.13 bits per heavy atom. The van der Waals surface area contributed by atoms with Crippen molar-refractivity contribution in [2.45, 2.75) is 38.3 Å². The number of rotatable bonds is 8. The summed E-state index contributed by atoms with van der Waals surface area (Å²) in [7, 11) is 0. The van der Waals surface area contributed by atoms with Crippen molar-refractivity contribution in [2.24, 2.45) is 16.6 Å². The minimum absolute atomic E-state index is 0. The molecule has 1 saturated carbocycles. The second-order valence-electron chi connectivity index (χ2n) is 8.03. The summed E-state index contributed by atoms with van der Waals surface area (Å²) in [5.41, 5.74) is 5.96. The molecule has 0 atom stereocenters. The maximum atomic E-state index is 12.9. The lowest BCUT2D eigenvalue weighted by Gasteiger charge is -2.36. The molecule has 0 amide bonds. The highest BCUT2D eigenvalue weighted by molar-refractivity contribution is 14.0. The maximum absolute atomic E-state index is 12.9. The second kappa shape index (κ2) is 12.0. The van der Waals surface area contributed by atoms with Gasteiger partial charge in [-0.2, -0.15) is 13.2 Å². The van der Waals surface area contributed by atoms with E-state index >= 15 is 0 Å². The lowest BCUT2D eigenvalue weighted by molar-refractivity contribution is -0.137. The highest BCUT2D eigenvalue weighted by Gasteiger charge is 2.31. The van der Waals surface area contributed by atoms with E-state index in [0.29, 0.717) is 11.6 Å². The van der Waals surface area contributed by atoms with Crippen molar-refractivity contribution in [3.63, 3.8) is 0 Å².